The Kier molecular flexibility index (Phi) is 4.97. The van der Waals surface area contributed by atoms with Crippen LogP contribution in [0.15, 0.2) is 42.1 Å². The standard InChI is InChI=1S/C15H13N3O4S/c1-9(19)11(14(22)16-10-5-3-2-4-6-10)8-18-13(21)7-12(20)17-15(18)23/h2-6,8H,7H2,1H3,(H,16,22)(H,17,20,23)/b11-8+. The molecular weight excluding hydrogens is 318 g/mol. The second-order valence-electron chi connectivity index (χ2n) is 4.71. The summed E-state index contributed by atoms with van der Waals surface area (Å²) in [6, 6.07) is 8.56. The Morgan fingerprint density at radius 2 is 1.91 bits per heavy atom. The number of carbonyl (C=O) groups is 4. The smallest absolute Gasteiger partial charge is 0.260 e. The van der Waals surface area contributed by atoms with Crippen molar-refractivity contribution in [2.24, 2.45) is 0 Å². The molecule has 0 aliphatic carbocycles. The van der Waals surface area contributed by atoms with Crippen molar-refractivity contribution in [1.82, 2.24) is 10.2 Å². The molecule has 118 valence electrons. The SMILES string of the molecule is CC(=O)/C(=C\N1C(=O)CC(=O)NC1=S)C(=O)Nc1ccccc1. The van der Waals surface area contributed by atoms with E-state index in [-0.39, 0.29) is 10.7 Å². The summed E-state index contributed by atoms with van der Waals surface area (Å²) in [6.45, 7) is 1.20. The van der Waals surface area contributed by atoms with Crippen LogP contribution in [-0.2, 0) is 19.2 Å². The predicted octanol–water partition coefficient (Wildman–Crippen LogP) is 0.731. The molecule has 0 radical (unpaired) electrons. The van der Waals surface area contributed by atoms with Crippen LogP contribution < -0.4 is 10.6 Å². The van der Waals surface area contributed by atoms with E-state index in [9.17, 15) is 19.2 Å². The van der Waals surface area contributed by atoms with Gasteiger partial charge in [-0.3, -0.25) is 24.1 Å². The summed E-state index contributed by atoms with van der Waals surface area (Å²) in [7, 11) is 0. The van der Waals surface area contributed by atoms with Gasteiger partial charge in [-0.25, -0.2) is 0 Å². The van der Waals surface area contributed by atoms with E-state index in [0.29, 0.717) is 5.69 Å². The maximum absolute atomic E-state index is 12.2. The maximum Gasteiger partial charge on any atom is 0.260 e. The van der Waals surface area contributed by atoms with Gasteiger partial charge >= 0.3 is 0 Å². The molecule has 7 nitrogen and oxygen atoms in total. The maximum atomic E-state index is 12.2. The average Bonchev–Trinajstić information content (AvgIpc) is 2.46. The number of carbonyl (C=O) groups excluding carboxylic acids is 4. The Labute approximate surface area is 137 Å². The van der Waals surface area contributed by atoms with Crippen molar-refractivity contribution < 1.29 is 19.2 Å². The van der Waals surface area contributed by atoms with E-state index in [1.165, 1.54) is 6.92 Å². The molecule has 1 aliphatic heterocycles. The lowest BCUT2D eigenvalue weighted by Gasteiger charge is -2.24. The molecule has 0 saturated carbocycles. The highest BCUT2D eigenvalue weighted by Gasteiger charge is 2.28. The minimum absolute atomic E-state index is 0.169. The summed E-state index contributed by atoms with van der Waals surface area (Å²) in [5.41, 5.74) is 0.256. The summed E-state index contributed by atoms with van der Waals surface area (Å²) in [5.74, 6) is -2.34. The van der Waals surface area contributed by atoms with Gasteiger partial charge in [0, 0.05) is 11.9 Å². The third-order valence-electron chi connectivity index (χ3n) is 2.96. The predicted molar refractivity (Wildman–Crippen MR) is 86.0 cm³/mol. The summed E-state index contributed by atoms with van der Waals surface area (Å²) in [5, 5.41) is 4.69. The van der Waals surface area contributed by atoms with E-state index in [1.54, 1.807) is 30.3 Å². The fraction of sp³-hybridized carbons (Fsp3) is 0.133. The first-order valence-corrected chi connectivity index (χ1v) is 7.04. The molecule has 2 rings (SSSR count). The molecule has 0 spiro atoms. The van der Waals surface area contributed by atoms with Gasteiger partial charge in [-0.15, -0.1) is 0 Å². The molecule has 2 N–H and O–H groups in total. The zero-order valence-corrected chi connectivity index (χ0v) is 13.0. The van der Waals surface area contributed by atoms with Gasteiger partial charge < -0.3 is 10.6 Å². The largest absolute Gasteiger partial charge is 0.322 e. The van der Waals surface area contributed by atoms with E-state index >= 15 is 0 Å². The van der Waals surface area contributed by atoms with Crippen molar-refractivity contribution in [3.05, 3.63) is 42.1 Å². The van der Waals surface area contributed by atoms with Gasteiger partial charge in [-0.1, -0.05) is 18.2 Å². The number of hydrogen-bond acceptors (Lipinski definition) is 5. The number of ketones is 1. The highest BCUT2D eigenvalue weighted by Crippen LogP contribution is 2.11. The lowest BCUT2D eigenvalue weighted by atomic mass is 10.1. The number of thiocarbonyl (C=S) groups is 1. The number of benzene rings is 1. The Morgan fingerprint density at radius 1 is 1.26 bits per heavy atom. The summed E-state index contributed by atoms with van der Waals surface area (Å²) in [6.07, 6.45) is 0.646. The minimum Gasteiger partial charge on any atom is -0.322 e. The van der Waals surface area contributed by atoms with Crippen LogP contribution >= 0.6 is 12.2 Å². The van der Waals surface area contributed by atoms with Crippen LogP contribution in [0.2, 0.25) is 0 Å². The number of nitrogens with zero attached hydrogens (tertiary/aromatic N) is 1. The van der Waals surface area contributed by atoms with Crippen molar-refractivity contribution in [2.45, 2.75) is 13.3 Å². The van der Waals surface area contributed by atoms with Crippen LogP contribution in [0.25, 0.3) is 0 Å². The van der Waals surface area contributed by atoms with Crippen LogP contribution in [0.5, 0.6) is 0 Å². The van der Waals surface area contributed by atoms with Crippen molar-refractivity contribution in [1.29, 1.82) is 0 Å². The number of nitrogens with one attached hydrogen (secondary N) is 2. The summed E-state index contributed by atoms with van der Waals surface area (Å²) >= 11 is 4.89. The average molecular weight is 331 g/mol. The first kappa shape index (κ1) is 16.5. The van der Waals surface area contributed by atoms with Crippen LogP contribution in [0.1, 0.15) is 13.3 Å². The highest BCUT2D eigenvalue weighted by atomic mass is 32.1. The number of Topliss-reactive ketones (excluding diaryl/α,β-unsaturated/α-hetero) is 1. The normalized spacial score (nSPS) is 15.3. The zero-order valence-electron chi connectivity index (χ0n) is 12.2. The zero-order chi connectivity index (χ0) is 17.0. The fourth-order valence-corrected chi connectivity index (χ4v) is 2.12. The molecule has 1 heterocycles. The molecule has 1 aromatic carbocycles. The van der Waals surface area contributed by atoms with Crippen LogP contribution in [0, 0.1) is 0 Å². The van der Waals surface area contributed by atoms with Gasteiger partial charge in [-0.2, -0.15) is 0 Å². The topological polar surface area (TPSA) is 95.6 Å². The van der Waals surface area contributed by atoms with E-state index < -0.39 is 29.9 Å². The van der Waals surface area contributed by atoms with E-state index in [0.717, 1.165) is 11.1 Å². The molecule has 1 aromatic rings. The second-order valence-corrected chi connectivity index (χ2v) is 5.10. The third-order valence-corrected chi connectivity index (χ3v) is 3.26. The minimum atomic E-state index is -0.670. The Bertz CT molecular complexity index is 707. The molecule has 0 atom stereocenters. The number of para-hydroxylation sites is 1. The summed E-state index contributed by atoms with van der Waals surface area (Å²) < 4.78 is 0. The van der Waals surface area contributed by atoms with Gasteiger partial charge in [-0.05, 0) is 31.3 Å². The lowest BCUT2D eigenvalue weighted by molar-refractivity contribution is -0.133. The molecule has 1 fully saturated rings. The molecule has 3 amide bonds. The molecule has 1 saturated heterocycles. The monoisotopic (exact) mass is 331 g/mol. The Balaban J connectivity index is 2.25. The van der Waals surface area contributed by atoms with Gasteiger partial charge in [0.15, 0.2) is 10.9 Å². The first-order valence-electron chi connectivity index (χ1n) is 6.63. The van der Waals surface area contributed by atoms with E-state index in [1.807, 2.05) is 0 Å². The van der Waals surface area contributed by atoms with Gasteiger partial charge in [0.05, 0.1) is 5.57 Å². The number of anilines is 1. The van der Waals surface area contributed by atoms with Crippen molar-refractivity contribution in [2.75, 3.05) is 5.32 Å². The number of hydrogen-bond donors (Lipinski definition) is 2. The number of amides is 3. The second kappa shape index (κ2) is 6.93. The Hall–Kier alpha value is -2.87. The lowest BCUT2D eigenvalue weighted by Crippen LogP contribution is -2.50. The molecule has 0 bridgehead atoms. The van der Waals surface area contributed by atoms with Gasteiger partial charge in [0.25, 0.3) is 5.91 Å². The Morgan fingerprint density at radius 3 is 2.48 bits per heavy atom. The van der Waals surface area contributed by atoms with Crippen LogP contribution in [0.3, 0.4) is 0 Å². The van der Waals surface area contributed by atoms with Crippen LogP contribution in [0.4, 0.5) is 5.69 Å². The molecule has 0 unspecified atom stereocenters. The van der Waals surface area contributed by atoms with Gasteiger partial charge in [0.2, 0.25) is 11.8 Å². The molecule has 23 heavy (non-hydrogen) atoms. The van der Waals surface area contributed by atoms with Crippen molar-refractivity contribution >= 4 is 46.5 Å². The van der Waals surface area contributed by atoms with Gasteiger partial charge in [0.1, 0.15) is 6.42 Å². The molecule has 0 aromatic heterocycles. The van der Waals surface area contributed by atoms with E-state index in [2.05, 4.69) is 10.6 Å². The highest BCUT2D eigenvalue weighted by molar-refractivity contribution is 7.80. The molecule has 1 aliphatic rings. The molecule has 8 heteroatoms. The number of rotatable bonds is 4. The first-order chi connectivity index (χ1) is 10.9. The summed E-state index contributed by atoms with van der Waals surface area (Å²) in [4.78, 5) is 47.9. The van der Waals surface area contributed by atoms with E-state index in [4.69, 9.17) is 12.2 Å². The third kappa shape index (κ3) is 4.07. The quantitative estimate of drug-likeness (QED) is 0.367. The van der Waals surface area contributed by atoms with Crippen molar-refractivity contribution in [3.63, 3.8) is 0 Å². The van der Waals surface area contributed by atoms with Crippen molar-refractivity contribution in [3.8, 4) is 0 Å². The fourth-order valence-electron chi connectivity index (χ4n) is 1.85. The van der Waals surface area contributed by atoms with Crippen LogP contribution in [-0.4, -0.2) is 33.5 Å². The molecular formula is C15H13N3O4S.